The zero-order chi connectivity index (χ0) is 14.1. The lowest BCUT2D eigenvalue weighted by atomic mass is 10.1. The Morgan fingerprint density at radius 2 is 2.00 bits per heavy atom. The van der Waals surface area contributed by atoms with E-state index < -0.39 is 0 Å². The fraction of sp³-hybridized carbons (Fsp3) is 0.375. The number of aryl methyl sites for hydroxylation is 1. The maximum absolute atomic E-state index is 4.82. The molecule has 104 valence electrons. The van der Waals surface area contributed by atoms with Crippen LogP contribution in [0.5, 0.6) is 0 Å². The van der Waals surface area contributed by atoms with E-state index in [-0.39, 0.29) is 0 Å². The van der Waals surface area contributed by atoms with Crippen LogP contribution in [-0.4, -0.2) is 17.0 Å². The number of nitrogens with one attached hydrogen (secondary N) is 1. The number of hydrogen-bond acceptors (Lipinski definition) is 3. The largest absolute Gasteiger partial charge is 0.372 e. The first-order valence-corrected chi connectivity index (χ1v) is 8.05. The lowest BCUT2D eigenvalue weighted by Gasteiger charge is -2.11. The first kappa shape index (κ1) is 13.8. The highest BCUT2D eigenvalue weighted by Crippen LogP contribution is 2.42. The molecule has 3 nitrogen and oxygen atoms in total. The van der Waals surface area contributed by atoms with Crippen molar-refractivity contribution in [3.8, 4) is 0 Å². The van der Waals surface area contributed by atoms with Gasteiger partial charge in [0.1, 0.15) is 11.6 Å². The molecular weight excluding hydrogens is 361 g/mol. The Morgan fingerprint density at radius 1 is 1.25 bits per heavy atom. The van der Waals surface area contributed by atoms with Crippen LogP contribution in [0.2, 0.25) is 0 Å². The maximum atomic E-state index is 4.82. The van der Waals surface area contributed by atoms with Crippen molar-refractivity contribution in [3.63, 3.8) is 0 Å². The van der Waals surface area contributed by atoms with Crippen LogP contribution in [0.1, 0.15) is 41.4 Å². The lowest BCUT2D eigenvalue weighted by Crippen LogP contribution is -2.08. The average Bonchev–Trinajstić information content (AvgIpc) is 3.27. The second kappa shape index (κ2) is 5.68. The Bertz CT molecular complexity index is 636. The first-order valence-electron chi connectivity index (χ1n) is 6.97. The van der Waals surface area contributed by atoms with Crippen molar-refractivity contribution in [2.45, 2.75) is 32.1 Å². The maximum Gasteiger partial charge on any atom is 0.143 e. The third-order valence-corrected chi connectivity index (χ3v) is 4.80. The zero-order valence-electron chi connectivity index (χ0n) is 11.8. The van der Waals surface area contributed by atoms with Crippen LogP contribution in [0.25, 0.3) is 0 Å². The smallest absolute Gasteiger partial charge is 0.143 e. The molecule has 0 bridgehead atoms. The van der Waals surface area contributed by atoms with Gasteiger partial charge in [-0.1, -0.05) is 24.3 Å². The van der Waals surface area contributed by atoms with Crippen molar-refractivity contribution in [2.75, 3.05) is 12.4 Å². The Kier molecular flexibility index (Phi) is 3.92. The number of rotatable bonds is 4. The second-order valence-electron chi connectivity index (χ2n) is 5.32. The van der Waals surface area contributed by atoms with Crippen LogP contribution in [0.3, 0.4) is 0 Å². The van der Waals surface area contributed by atoms with E-state index >= 15 is 0 Å². The van der Waals surface area contributed by atoms with Crippen molar-refractivity contribution in [1.29, 1.82) is 0 Å². The molecule has 4 heteroatoms. The van der Waals surface area contributed by atoms with Crippen LogP contribution in [0, 0.1) is 10.5 Å². The van der Waals surface area contributed by atoms with Crippen LogP contribution < -0.4 is 5.32 Å². The van der Waals surface area contributed by atoms with Crippen molar-refractivity contribution in [1.82, 2.24) is 9.97 Å². The third kappa shape index (κ3) is 2.80. The molecule has 1 aromatic heterocycles. The molecule has 1 aliphatic rings. The first-order chi connectivity index (χ1) is 9.69. The topological polar surface area (TPSA) is 37.8 Å². The molecule has 0 radical (unpaired) electrons. The fourth-order valence-corrected chi connectivity index (χ4v) is 3.31. The highest BCUT2D eigenvalue weighted by molar-refractivity contribution is 14.1. The summed E-state index contributed by atoms with van der Waals surface area (Å²) in [6.45, 7) is 2.14. The van der Waals surface area contributed by atoms with E-state index in [4.69, 9.17) is 4.98 Å². The van der Waals surface area contributed by atoms with E-state index in [1.165, 1.54) is 33.2 Å². The van der Waals surface area contributed by atoms with E-state index in [9.17, 15) is 0 Å². The standard InChI is InChI=1S/C16H18IN3/c1-10-5-3-4-6-12(10)9-13-19-15(11-7-8-11)14(17)16(18-2)20-13/h3-6,11H,7-9H2,1-2H3,(H,18,19,20). The molecule has 0 saturated heterocycles. The highest BCUT2D eigenvalue weighted by Gasteiger charge is 2.29. The molecule has 1 saturated carbocycles. The van der Waals surface area contributed by atoms with Gasteiger partial charge in [-0.3, -0.25) is 0 Å². The average molecular weight is 379 g/mol. The molecule has 20 heavy (non-hydrogen) atoms. The van der Waals surface area contributed by atoms with Crippen molar-refractivity contribution in [3.05, 3.63) is 50.5 Å². The summed E-state index contributed by atoms with van der Waals surface area (Å²) in [5, 5.41) is 3.20. The predicted octanol–water partition coefficient (Wildman–Crippen LogP) is 3.90. The van der Waals surface area contributed by atoms with E-state index in [1.54, 1.807) is 0 Å². The summed E-state index contributed by atoms with van der Waals surface area (Å²) in [5.74, 6) is 2.53. The third-order valence-electron chi connectivity index (χ3n) is 3.73. The van der Waals surface area contributed by atoms with Gasteiger partial charge in [0, 0.05) is 19.4 Å². The summed E-state index contributed by atoms with van der Waals surface area (Å²) in [4.78, 5) is 9.49. The van der Waals surface area contributed by atoms with Crippen LogP contribution in [0.15, 0.2) is 24.3 Å². The molecule has 1 heterocycles. The molecular formula is C16H18IN3. The molecule has 2 aromatic rings. The molecule has 0 amide bonds. The van der Waals surface area contributed by atoms with Gasteiger partial charge < -0.3 is 5.32 Å². The number of aromatic nitrogens is 2. The van der Waals surface area contributed by atoms with Gasteiger partial charge in [-0.25, -0.2) is 9.97 Å². The molecule has 0 spiro atoms. The molecule has 1 aromatic carbocycles. The van der Waals surface area contributed by atoms with Crippen LogP contribution in [0.4, 0.5) is 5.82 Å². The van der Waals surface area contributed by atoms with E-state index in [1.807, 2.05) is 7.05 Å². The number of hydrogen-bond donors (Lipinski definition) is 1. The summed E-state index contributed by atoms with van der Waals surface area (Å²) in [6.07, 6.45) is 3.33. The Labute approximate surface area is 133 Å². The number of benzene rings is 1. The normalized spacial score (nSPS) is 14.3. The van der Waals surface area contributed by atoms with E-state index in [2.05, 4.69) is 64.1 Å². The minimum absolute atomic E-state index is 0.646. The summed E-state index contributed by atoms with van der Waals surface area (Å²) in [5.41, 5.74) is 3.83. The fourth-order valence-electron chi connectivity index (χ4n) is 2.36. The molecule has 1 N–H and O–H groups in total. The number of nitrogens with zero attached hydrogens (tertiary/aromatic N) is 2. The van der Waals surface area contributed by atoms with Gasteiger partial charge in [0.05, 0.1) is 9.26 Å². The SMILES string of the molecule is CNc1nc(Cc2ccccc2C)nc(C2CC2)c1I. The zero-order valence-corrected chi connectivity index (χ0v) is 13.9. The lowest BCUT2D eigenvalue weighted by molar-refractivity contribution is 0.888. The van der Waals surface area contributed by atoms with Gasteiger partial charge in [0.15, 0.2) is 0 Å². The number of halogens is 1. The van der Waals surface area contributed by atoms with Crippen molar-refractivity contribution in [2.24, 2.45) is 0 Å². The van der Waals surface area contributed by atoms with E-state index in [0.29, 0.717) is 5.92 Å². The quantitative estimate of drug-likeness (QED) is 0.819. The second-order valence-corrected chi connectivity index (χ2v) is 6.39. The highest BCUT2D eigenvalue weighted by atomic mass is 127. The minimum Gasteiger partial charge on any atom is -0.372 e. The Morgan fingerprint density at radius 3 is 2.65 bits per heavy atom. The van der Waals surface area contributed by atoms with Crippen molar-refractivity contribution >= 4 is 28.4 Å². The summed E-state index contributed by atoms with van der Waals surface area (Å²) in [6, 6.07) is 8.45. The molecule has 1 aliphatic carbocycles. The molecule has 0 atom stereocenters. The van der Waals surface area contributed by atoms with Gasteiger partial charge in [-0.15, -0.1) is 0 Å². The van der Waals surface area contributed by atoms with Gasteiger partial charge in [-0.2, -0.15) is 0 Å². The van der Waals surface area contributed by atoms with E-state index in [0.717, 1.165) is 18.1 Å². The minimum atomic E-state index is 0.646. The molecule has 0 unspecified atom stereocenters. The number of anilines is 1. The van der Waals surface area contributed by atoms with Crippen LogP contribution in [-0.2, 0) is 6.42 Å². The van der Waals surface area contributed by atoms with Gasteiger partial charge in [0.25, 0.3) is 0 Å². The van der Waals surface area contributed by atoms with Crippen molar-refractivity contribution < 1.29 is 0 Å². The monoisotopic (exact) mass is 379 g/mol. The van der Waals surface area contributed by atoms with Gasteiger partial charge in [0.2, 0.25) is 0 Å². The summed E-state index contributed by atoms with van der Waals surface area (Å²) in [7, 11) is 1.93. The van der Waals surface area contributed by atoms with Crippen LogP contribution >= 0.6 is 22.6 Å². The summed E-state index contributed by atoms with van der Waals surface area (Å²) < 4.78 is 1.18. The molecule has 0 aliphatic heterocycles. The predicted molar refractivity (Wildman–Crippen MR) is 90.3 cm³/mol. The Balaban J connectivity index is 1.97. The van der Waals surface area contributed by atoms with Gasteiger partial charge >= 0.3 is 0 Å². The summed E-state index contributed by atoms with van der Waals surface area (Å²) >= 11 is 2.36. The molecule has 3 rings (SSSR count). The Hall–Kier alpha value is -1.17. The molecule has 1 fully saturated rings. The van der Waals surface area contributed by atoms with Gasteiger partial charge in [-0.05, 0) is 53.5 Å².